The second kappa shape index (κ2) is 15.1. The first-order valence-electron chi connectivity index (χ1n) is 13.6. The number of hydrogen-bond acceptors (Lipinski definition) is 2. The first kappa shape index (κ1) is 27.5. The van der Waals surface area contributed by atoms with Crippen molar-refractivity contribution in [2.24, 2.45) is 0 Å². The van der Waals surface area contributed by atoms with Crippen LogP contribution in [0.5, 0.6) is 11.5 Å². The van der Waals surface area contributed by atoms with Gasteiger partial charge in [0.25, 0.3) is 0 Å². The minimum atomic E-state index is 0.557. The van der Waals surface area contributed by atoms with Crippen LogP contribution in [0, 0.1) is 0 Å². The molecule has 196 valence electrons. The molecule has 0 amide bonds. The van der Waals surface area contributed by atoms with Crippen LogP contribution >= 0.6 is 11.6 Å². The van der Waals surface area contributed by atoms with Gasteiger partial charge in [-0.25, -0.2) is 0 Å². The SMILES string of the molecule is CC/C(=C(/c1ccc(OCCCCCCCl)cc1)c1ccc(OCc2ccccc2)cc1)c1ccccc1. The van der Waals surface area contributed by atoms with Crippen LogP contribution < -0.4 is 9.47 Å². The van der Waals surface area contributed by atoms with Gasteiger partial charge in [0.2, 0.25) is 0 Å². The maximum absolute atomic E-state index is 6.05. The number of unbranched alkanes of at least 4 members (excludes halogenated alkanes) is 3. The number of allylic oxidation sites excluding steroid dienone is 1. The van der Waals surface area contributed by atoms with E-state index in [1.165, 1.54) is 27.8 Å². The molecule has 0 spiro atoms. The number of hydrogen-bond donors (Lipinski definition) is 0. The van der Waals surface area contributed by atoms with E-state index in [4.69, 9.17) is 21.1 Å². The molecule has 0 radical (unpaired) electrons. The van der Waals surface area contributed by atoms with Crippen molar-refractivity contribution in [3.63, 3.8) is 0 Å². The van der Waals surface area contributed by atoms with Gasteiger partial charge < -0.3 is 9.47 Å². The summed E-state index contributed by atoms with van der Waals surface area (Å²) in [6.45, 7) is 3.52. The van der Waals surface area contributed by atoms with Crippen molar-refractivity contribution in [2.45, 2.75) is 45.6 Å². The standard InChI is InChI=1S/C35H37ClO2/c1-2-34(29-15-9-6-10-16-29)35(30-17-21-32(22-18-30)37-26-12-4-3-11-25-36)31-19-23-33(24-20-31)38-27-28-13-7-5-8-14-28/h5-10,13-24H,2-4,11-12,25-27H2,1H3/b35-34+. The van der Waals surface area contributed by atoms with Crippen LogP contribution in [0.2, 0.25) is 0 Å². The van der Waals surface area contributed by atoms with E-state index < -0.39 is 0 Å². The lowest BCUT2D eigenvalue weighted by Gasteiger charge is -2.17. The first-order chi connectivity index (χ1) is 18.8. The Morgan fingerprint density at radius 1 is 0.579 bits per heavy atom. The topological polar surface area (TPSA) is 18.5 Å². The van der Waals surface area contributed by atoms with Gasteiger partial charge in [-0.2, -0.15) is 0 Å². The molecule has 0 bridgehead atoms. The highest BCUT2D eigenvalue weighted by molar-refractivity contribution is 6.17. The predicted octanol–water partition coefficient (Wildman–Crippen LogP) is 9.81. The minimum Gasteiger partial charge on any atom is -0.494 e. The van der Waals surface area contributed by atoms with Crippen LogP contribution in [0.4, 0.5) is 0 Å². The first-order valence-corrected chi connectivity index (χ1v) is 14.2. The molecule has 0 atom stereocenters. The van der Waals surface area contributed by atoms with Crippen LogP contribution in [0.3, 0.4) is 0 Å². The lowest BCUT2D eigenvalue weighted by molar-refractivity contribution is 0.305. The fourth-order valence-electron chi connectivity index (χ4n) is 4.60. The van der Waals surface area contributed by atoms with Crippen LogP contribution in [0.1, 0.15) is 61.3 Å². The maximum Gasteiger partial charge on any atom is 0.119 e. The smallest absolute Gasteiger partial charge is 0.119 e. The number of rotatable bonds is 14. The Labute approximate surface area is 232 Å². The third kappa shape index (κ3) is 8.00. The molecule has 4 rings (SSSR count). The van der Waals surface area contributed by atoms with Gasteiger partial charge in [0, 0.05) is 5.88 Å². The Morgan fingerprint density at radius 3 is 1.71 bits per heavy atom. The molecule has 0 aliphatic rings. The predicted molar refractivity (Wildman–Crippen MR) is 161 cm³/mol. The summed E-state index contributed by atoms with van der Waals surface area (Å²) in [4.78, 5) is 0. The largest absolute Gasteiger partial charge is 0.494 e. The Bertz CT molecular complexity index is 1250. The molecule has 0 aromatic heterocycles. The fraction of sp³-hybridized carbons (Fsp3) is 0.257. The minimum absolute atomic E-state index is 0.557. The maximum atomic E-state index is 6.05. The molecule has 4 aromatic carbocycles. The average molecular weight is 525 g/mol. The second-order valence-corrected chi connectivity index (χ2v) is 9.73. The molecular weight excluding hydrogens is 488 g/mol. The zero-order valence-corrected chi connectivity index (χ0v) is 23.0. The highest BCUT2D eigenvalue weighted by atomic mass is 35.5. The third-order valence-corrected chi connectivity index (χ3v) is 6.88. The van der Waals surface area contributed by atoms with E-state index in [0.29, 0.717) is 6.61 Å². The lowest BCUT2D eigenvalue weighted by Crippen LogP contribution is -1.99. The fourth-order valence-corrected chi connectivity index (χ4v) is 4.79. The van der Waals surface area contributed by atoms with Crippen molar-refractivity contribution in [1.29, 1.82) is 0 Å². The van der Waals surface area contributed by atoms with Gasteiger partial charge in [-0.1, -0.05) is 105 Å². The Balaban J connectivity index is 1.55. The van der Waals surface area contributed by atoms with Crippen LogP contribution in [0.25, 0.3) is 11.1 Å². The average Bonchev–Trinajstić information content (AvgIpc) is 2.98. The molecule has 0 saturated carbocycles. The van der Waals surface area contributed by atoms with E-state index in [2.05, 4.69) is 97.9 Å². The highest BCUT2D eigenvalue weighted by Crippen LogP contribution is 2.35. The van der Waals surface area contributed by atoms with Crippen molar-refractivity contribution in [1.82, 2.24) is 0 Å². The summed E-state index contributed by atoms with van der Waals surface area (Å²) in [7, 11) is 0. The molecule has 4 aromatic rings. The Morgan fingerprint density at radius 2 is 1.13 bits per heavy atom. The van der Waals surface area contributed by atoms with Gasteiger partial charge in [0.1, 0.15) is 18.1 Å². The van der Waals surface area contributed by atoms with Crippen molar-refractivity contribution in [3.8, 4) is 11.5 Å². The molecule has 0 unspecified atom stereocenters. The van der Waals surface area contributed by atoms with Crippen molar-refractivity contribution in [3.05, 3.63) is 131 Å². The van der Waals surface area contributed by atoms with Gasteiger partial charge in [-0.05, 0) is 76.9 Å². The van der Waals surface area contributed by atoms with E-state index in [-0.39, 0.29) is 0 Å². The lowest BCUT2D eigenvalue weighted by atomic mass is 9.88. The summed E-state index contributed by atoms with van der Waals surface area (Å²) >= 11 is 5.77. The highest BCUT2D eigenvalue weighted by Gasteiger charge is 2.13. The zero-order chi connectivity index (χ0) is 26.4. The summed E-state index contributed by atoms with van der Waals surface area (Å²) in [5, 5.41) is 0. The van der Waals surface area contributed by atoms with Crippen LogP contribution in [-0.4, -0.2) is 12.5 Å². The van der Waals surface area contributed by atoms with Gasteiger partial charge >= 0.3 is 0 Å². The van der Waals surface area contributed by atoms with Gasteiger partial charge in [-0.15, -0.1) is 11.6 Å². The number of halogens is 1. The number of ether oxygens (including phenoxy) is 2. The summed E-state index contributed by atoms with van der Waals surface area (Å²) in [6, 6.07) is 37.9. The molecule has 0 fully saturated rings. The van der Waals surface area contributed by atoms with Crippen LogP contribution in [-0.2, 0) is 6.61 Å². The summed E-state index contributed by atoms with van der Waals surface area (Å²) in [5.41, 5.74) is 7.31. The Kier molecular flexibility index (Phi) is 10.9. The van der Waals surface area contributed by atoms with Crippen molar-refractivity contribution < 1.29 is 9.47 Å². The van der Waals surface area contributed by atoms with Gasteiger partial charge in [0.15, 0.2) is 0 Å². The summed E-state index contributed by atoms with van der Waals surface area (Å²) in [5.74, 6) is 2.52. The molecule has 38 heavy (non-hydrogen) atoms. The molecule has 0 aliphatic carbocycles. The summed E-state index contributed by atoms with van der Waals surface area (Å²) < 4.78 is 12.1. The van der Waals surface area contributed by atoms with E-state index >= 15 is 0 Å². The molecule has 2 nitrogen and oxygen atoms in total. The van der Waals surface area contributed by atoms with E-state index in [1.807, 2.05) is 18.2 Å². The quantitative estimate of drug-likeness (QED) is 0.0927. The van der Waals surface area contributed by atoms with Gasteiger partial charge in [-0.3, -0.25) is 0 Å². The van der Waals surface area contributed by atoms with E-state index in [9.17, 15) is 0 Å². The number of benzene rings is 4. The van der Waals surface area contributed by atoms with E-state index in [0.717, 1.165) is 61.7 Å². The molecular formula is C35H37ClO2. The molecule has 3 heteroatoms. The Hall–Kier alpha value is -3.49. The van der Waals surface area contributed by atoms with Crippen LogP contribution in [0.15, 0.2) is 109 Å². The molecule has 0 saturated heterocycles. The zero-order valence-electron chi connectivity index (χ0n) is 22.2. The normalized spacial score (nSPS) is 11.6. The second-order valence-electron chi connectivity index (χ2n) is 9.35. The molecule has 0 aliphatic heterocycles. The monoisotopic (exact) mass is 524 g/mol. The summed E-state index contributed by atoms with van der Waals surface area (Å²) in [6.07, 6.45) is 5.37. The van der Waals surface area contributed by atoms with E-state index in [1.54, 1.807) is 0 Å². The number of alkyl halides is 1. The third-order valence-electron chi connectivity index (χ3n) is 6.61. The van der Waals surface area contributed by atoms with Crippen molar-refractivity contribution in [2.75, 3.05) is 12.5 Å². The molecule has 0 heterocycles. The molecule has 0 N–H and O–H groups in total. The van der Waals surface area contributed by atoms with Crippen molar-refractivity contribution >= 4 is 22.7 Å². The van der Waals surface area contributed by atoms with Gasteiger partial charge in [0.05, 0.1) is 6.61 Å².